The molecule has 0 N–H and O–H groups in total. The average molecular weight is 307 g/mol. The summed E-state index contributed by atoms with van der Waals surface area (Å²) in [5.41, 5.74) is 1.39. The standard InChI is InChI=1S/C20H38N2/c1-17(2)11-8-9-12-18(3)13-10-14-22(7)20(5)15-19(4)16-21-6/h9,12-13,16-17,19-20H,8,10-11,14-15H2,1-7H3. The normalized spacial score (nSPS) is 16.3. The third kappa shape index (κ3) is 11.7. The van der Waals surface area contributed by atoms with Crippen LogP contribution in [0.1, 0.15) is 60.3 Å². The van der Waals surface area contributed by atoms with Gasteiger partial charge in [0.1, 0.15) is 0 Å². The fourth-order valence-corrected chi connectivity index (χ4v) is 2.52. The molecule has 0 aliphatic carbocycles. The Labute approximate surface area is 139 Å². The van der Waals surface area contributed by atoms with Gasteiger partial charge in [-0.3, -0.25) is 0 Å². The Hall–Kier alpha value is -0.890. The van der Waals surface area contributed by atoms with Crippen LogP contribution in [0.4, 0.5) is 0 Å². The molecule has 0 aromatic heterocycles. The van der Waals surface area contributed by atoms with Gasteiger partial charge in [-0.25, -0.2) is 0 Å². The lowest BCUT2D eigenvalue weighted by molar-refractivity contribution is 0.241. The predicted octanol–water partition coefficient (Wildman–Crippen LogP) is 5.36. The second-order valence-electron chi connectivity index (χ2n) is 7.06. The quantitative estimate of drug-likeness (QED) is 0.370. The van der Waals surface area contributed by atoms with Crippen molar-refractivity contribution < 1.29 is 0 Å². The van der Waals surface area contributed by atoms with Crippen LogP contribution in [0, 0.1) is 11.8 Å². The molecule has 2 heteroatoms. The third-order valence-corrected chi connectivity index (χ3v) is 4.11. The van der Waals surface area contributed by atoms with Crippen molar-refractivity contribution in [3.8, 4) is 0 Å². The SMILES string of the molecule is CN=CC(C)CC(C)N(C)CCC=C(C)C=CCCC(C)C. The summed E-state index contributed by atoms with van der Waals surface area (Å²) < 4.78 is 0. The van der Waals surface area contributed by atoms with Gasteiger partial charge in [-0.1, -0.05) is 44.6 Å². The summed E-state index contributed by atoms with van der Waals surface area (Å²) in [6.07, 6.45) is 13.8. The lowest BCUT2D eigenvalue weighted by atomic mass is 10.0. The zero-order valence-corrected chi connectivity index (χ0v) is 16.0. The molecule has 2 unspecified atom stereocenters. The molecule has 0 rings (SSSR count). The highest BCUT2D eigenvalue weighted by Crippen LogP contribution is 2.10. The van der Waals surface area contributed by atoms with Crippen LogP contribution in [0.25, 0.3) is 0 Å². The molecular weight excluding hydrogens is 268 g/mol. The monoisotopic (exact) mass is 306 g/mol. The fraction of sp³-hybridized carbons (Fsp3) is 0.750. The van der Waals surface area contributed by atoms with Crippen molar-refractivity contribution >= 4 is 6.21 Å². The molecule has 0 saturated heterocycles. The average Bonchev–Trinajstić information content (AvgIpc) is 2.43. The van der Waals surface area contributed by atoms with Gasteiger partial charge in [0.25, 0.3) is 0 Å². The van der Waals surface area contributed by atoms with Crippen LogP contribution >= 0.6 is 0 Å². The van der Waals surface area contributed by atoms with E-state index in [4.69, 9.17) is 0 Å². The van der Waals surface area contributed by atoms with Crippen molar-refractivity contribution in [2.75, 3.05) is 20.6 Å². The summed E-state index contributed by atoms with van der Waals surface area (Å²) in [4.78, 5) is 6.57. The van der Waals surface area contributed by atoms with Crippen molar-refractivity contribution in [2.24, 2.45) is 16.8 Å². The number of hydrogen-bond donors (Lipinski definition) is 0. The molecule has 0 aliphatic heterocycles. The lowest BCUT2D eigenvalue weighted by Gasteiger charge is -2.25. The molecule has 0 amide bonds. The molecule has 128 valence electrons. The van der Waals surface area contributed by atoms with E-state index >= 15 is 0 Å². The molecule has 0 aromatic rings. The van der Waals surface area contributed by atoms with Crippen molar-refractivity contribution in [3.63, 3.8) is 0 Å². The number of hydrogen-bond acceptors (Lipinski definition) is 2. The highest BCUT2D eigenvalue weighted by atomic mass is 15.1. The summed E-state index contributed by atoms with van der Waals surface area (Å²) in [5, 5.41) is 0. The van der Waals surface area contributed by atoms with E-state index in [1.165, 1.54) is 24.8 Å². The van der Waals surface area contributed by atoms with Crippen molar-refractivity contribution in [3.05, 3.63) is 23.8 Å². The van der Waals surface area contributed by atoms with E-state index in [0.717, 1.165) is 18.9 Å². The number of rotatable bonds is 11. The number of aliphatic imine (C=N–C) groups is 1. The first kappa shape index (κ1) is 21.1. The van der Waals surface area contributed by atoms with Gasteiger partial charge < -0.3 is 9.89 Å². The maximum Gasteiger partial charge on any atom is 0.0273 e. The zero-order chi connectivity index (χ0) is 17.0. The Bertz CT molecular complexity index is 353. The summed E-state index contributed by atoms with van der Waals surface area (Å²) in [6.45, 7) is 12.4. The molecule has 0 aliphatic rings. The Morgan fingerprint density at radius 1 is 1.14 bits per heavy atom. The Morgan fingerprint density at radius 3 is 2.41 bits per heavy atom. The smallest absolute Gasteiger partial charge is 0.0273 e. The van der Waals surface area contributed by atoms with E-state index in [9.17, 15) is 0 Å². The van der Waals surface area contributed by atoms with Crippen molar-refractivity contribution in [2.45, 2.75) is 66.3 Å². The minimum atomic E-state index is 0.559. The summed E-state index contributed by atoms with van der Waals surface area (Å²) in [6, 6.07) is 0.600. The van der Waals surface area contributed by atoms with Crippen molar-refractivity contribution in [1.29, 1.82) is 0 Å². The minimum absolute atomic E-state index is 0.559. The van der Waals surface area contributed by atoms with Crippen LogP contribution in [-0.4, -0.2) is 37.8 Å². The molecule has 0 aromatic carbocycles. The number of nitrogens with zero attached hydrogens (tertiary/aromatic N) is 2. The highest BCUT2D eigenvalue weighted by molar-refractivity contribution is 5.59. The third-order valence-electron chi connectivity index (χ3n) is 4.11. The highest BCUT2D eigenvalue weighted by Gasteiger charge is 2.11. The van der Waals surface area contributed by atoms with Crippen molar-refractivity contribution in [1.82, 2.24) is 4.90 Å². The van der Waals surface area contributed by atoms with Gasteiger partial charge in [-0.15, -0.1) is 0 Å². The van der Waals surface area contributed by atoms with Crippen LogP contribution in [0.2, 0.25) is 0 Å². The molecule has 2 nitrogen and oxygen atoms in total. The number of allylic oxidation sites excluding steroid dienone is 3. The van der Waals surface area contributed by atoms with Crippen LogP contribution in [0.15, 0.2) is 28.8 Å². The van der Waals surface area contributed by atoms with Gasteiger partial charge >= 0.3 is 0 Å². The largest absolute Gasteiger partial charge is 0.303 e. The second-order valence-corrected chi connectivity index (χ2v) is 7.06. The van der Waals surface area contributed by atoms with E-state index in [-0.39, 0.29) is 0 Å². The molecule has 0 heterocycles. The van der Waals surface area contributed by atoms with Gasteiger partial charge in [0.2, 0.25) is 0 Å². The van der Waals surface area contributed by atoms with Gasteiger partial charge in [-0.2, -0.15) is 0 Å². The van der Waals surface area contributed by atoms with Gasteiger partial charge in [0.05, 0.1) is 0 Å². The van der Waals surface area contributed by atoms with E-state index in [2.05, 4.69) is 76.0 Å². The topological polar surface area (TPSA) is 15.6 Å². The Kier molecular flexibility index (Phi) is 12.1. The molecule has 22 heavy (non-hydrogen) atoms. The van der Waals surface area contributed by atoms with Crippen LogP contribution < -0.4 is 0 Å². The van der Waals surface area contributed by atoms with Gasteiger partial charge in [0, 0.05) is 25.8 Å². The van der Waals surface area contributed by atoms with E-state index in [1.807, 2.05) is 7.05 Å². The lowest BCUT2D eigenvalue weighted by Crippen LogP contribution is -2.31. The minimum Gasteiger partial charge on any atom is -0.303 e. The molecule has 2 atom stereocenters. The van der Waals surface area contributed by atoms with E-state index < -0.39 is 0 Å². The van der Waals surface area contributed by atoms with E-state index in [1.54, 1.807) is 0 Å². The predicted molar refractivity (Wildman–Crippen MR) is 102 cm³/mol. The maximum atomic E-state index is 4.12. The maximum absolute atomic E-state index is 4.12. The van der Waals surface area contributed by atoms with Crippen LogP contribution in [-0.2, 0) is 0 Å². The molecule has 0 saturated carbocycles. The van der Waals surface area contributed by atoms with Gasteiger partial charge in [0.15, 0.2) is 0 Å². The summed E-state index contributed by atoms with van der Waals surface area (Å²) in [7, 11) is 4.08. The molecular formula is C20H38N2. The van der Waals surface area contributed by atoms with Gasteiger partial charge in [-0.05, 0) is 58.4 Å². The van der Waals surface area contributed by atoms with E-state index in [0.29, 0.717) is 12.0 Å². The van der Waals surface area contributed by atoms with Crippen LogP contribution in [0.3, 0.4) is 0 Å². The molecule has 0 radical (unpaired) electrons. The first-order valence-electron chi connectivity index (χ1n) is 8.82. The summed E-state index contributed by atoms with van der Waals surface area (Å²) in [5.74, 6) is 1.35. The molecule has 0 fully saturated rings. The molecule has 0 spiro atoms. The van der Waals surface area contributed by atoms with Crippen LogP contribution in [0.5, 0.6) is 0 Å². The first-order valence-corrected chi connectivity index (χ1v) is 8.82. The Morgan fingerprint density at radius 2 is 1.82 bits per heavy atom. The summed E-state index contributed by atoms with van der Waals surface area (Å²) >= 11 is 0. The Balaban J connectivity index is 4.02. The zero-order valence-electron chi connectivity index (χ0n) is 16.0. The second kappa shape index (κ2) is 12.6. The molecule has 0 bridgehead atoms. The fourth-order valence-electron chi connectivity index (χ4n) is 2.52. The first-order chi connectivity index (χ1) is 10.4.